The van der Waals surface area contributed by atoms with Gasteiger partial charge < -0.3 is 19.6 Å². The van der Waals surface area contributed by atoms with Gasteiger partial charge in [0.1, 0.15) is 5.75 Å². The van der Waals surface area contributed by atoms with E-state index >= 15 is 0 Å². The van der Waals surface area contributed by atoms with Crippen molar-refractivity contribution >= 4 is 23.4 Å². The van der Waals surface area contributed by atoms with Crippen molar-refractivity contribution in [1.29, 1.82) is 0 Å². The van der Waals surface area contributed by atoms with Gasteiger partial charge in [0.25, 0.3) is 17.4 Å². The van der Waals surface area contributed by atoms with Crippen molar-refractivity contribution in [3.63, 3.8) is 0 Å². The summed E-state index contributed by atoms with van der Waals surface area (Å²) in [5.41, 5.74) is -3.52. The Hall–Kier alpha value is -2.78. The van der Waals surface area contributed by atoms with Crippen LogP contribution in [0.4, 0.5) is 13.2 Å². The predicted octanol–water partition coefficient (Wildman–Crippen LogP) is 6.20. The molecule has 2 aliphatic heterocycles. The molecule has 3 aliphatic rings. The third-order valence-electron chi connectivity index (χ3n) is 8.93. The lowest BCUT2D eigenvalue weighted by Crippen LogP contribution is -2.57. The summed E-state index contributed by atoms with van der Waals surface area (Å²) in [6.45, 7) is 1.64. The van der Waals surface area contributed by atoms with Crippen molar-refractivity contribution in [1.82, 2.24) is 9.80 Å². The standard InChI is InChI=1S/C31H36ClF3N2O4/c32-27-19-25(11-12-26(27)28(38)37-20-22-9-10-24(37)18-22)41-17-5-4-6-21-13-15-36(16-14-21)29(39)30(40,31(33,34)35)23-7-2-1-3-8-23/h1-3,7-8,11-12,19,21-22,24,40H,4-6,9-10,13-18,20H2/t22-,24+,30+/m0/s1. The monoisotopic (exact) mass is 592 g/mol. The molecule has 2 aromatic carbocycles. The van der Waals surface area contributed by atoms with E-state index in [1.807, 2.05) is 4.90 Å². The molecule has 10 heteroatoms. The van der Waals surface area contributed by atoms with Crippen LogP contribution in [0.15, 0.2) is 48.5 Å². The molecule has 0 radical (unpaired) electrons. The lowest BCUT2D eigenvalue weighted by molar-refractivity contribution is -0.262. The predicted molar refractivity (Wildman–Crippen MR) is 149 cm³/mol. The quantitative estimate of drug-likeness (QED) is 0.352. The molecule has 0 unspecified atom stereocenters. The van der Waals surface area contributed by atoms with Crippen molar-refractivity contribution in [2.24, 2.45) is 11.8 Å². The summed E-state index contributed by atoms with van der Waals surface area (Å²) in [4.78, 5) is 28.9. The minimum Gasteiger partial charge on any atom is -0.494 e. The summed E-state index contributed by atoms with van der Waals surface area (Å²) in [5.74, 6) is 0.188. The average Bonchev–Trinajstić information content (AvgIpc) is 3.60. The number of aliphatic hydroxyl groups is 1. The highest BCUT2D eigenvalue weighted by molar-refractivity contribution is 6.34. The van der Waals surface area contributed by atoms with Gasteiger partial charge in [-0.15, -0.1) is 0 Å². The Bertz CT molecular complexity index is 1240. The number of unbranched alkanes of at least 4 members (excludes halogenated alkanes) is 1. The fraction of sp³-hybridized carbons (Fsp3) is 0.548. The van der Waals surface area contributed by atoms with Crippen molar-refractivity contribution < 1.29 is 32.6 Å². The van der Waals surface area contributed by atoms with Crippen LogP contribution >= 0.6 is 11.6 Å². The molecule has 0 spiro atoms. The molecular formula is C31H36ClF3N2O4. The van der Waals surface area contributed by atoms with Gasteiger partial charge in [-0.2, -0.15) is 13.2 Å². The number of amides is 2. The fourth-order valence-electron chi connectivity index (χ4n) is 6.55. The smallest absolute Gasteiger partial charge is 0.430 e. The summed E-state index contributed by atoms with van der Waals surface area (Å²) in [7, 11) is 0. The van der Waals surface area contributed by atoms with E-state index in [-0.39, 0.29) is 24.9 Å². The molecule has 2 saturated heterocycles. The Morgan fingerprint density at radius 3 is 2.34 bits per heavy atom. The Labute approximate surface area is 243 Å². The molecule has 2 bridgehead atoms. The van der Waals surface area contributed by atoms with Crippen LogP contribution in [-0.2, 0) is 10.4 Å². The summed E-state index contributed by atoms with van der Waals surface area (Å²) in [6, 6.07) is 12.1. The molecule has 1 aliphatic carbocycles. The van der Waals surface area contributed by atoms with Gasteiger partial charge in [0, 0.05) is 31.2 Å². The van der Waals surface area contributed by atoms with Gasteiger partial charge in [-0.05, 0) is 75.0 Å². The van der Waals surface area contributed by atoms with Crippen LogP contribution in [0.25, 0.3) is 0 Å². The summed E-state index contributed by atoms with van der Waals surface area (Å²) in [6.07, 6.45) is 1.94. The highest BCUT2D eigenvalue weighted by Crippen LogP contribution is 2.42. The lowest BCUT2D eigenvalue weighted by atomic mass is 9.88. The second kappa shape index (κ2) is 12.2. The molecule has 2 aromatic rings. The maximum absolute atomic E-state index is 13.9. The van der Waals surface area contributed by atoms with Gasteiger partial charge >= 0.3 is 6.18 Å². The molecule has 3 fully saturated rings. The minimum absolute atomic E-state index is 0.00959. The number of ether oxygens (including phenoxy) is 1. The van der Waals surface area contributed by atoms with E-state index in [0.29, 0.717) is 47.7 Å². The molecule has 2 heterocycles. The second-order valence-electron chi connectivity index (χ2n) is 11.6. The number of fused-ring (bicyclic) bond motifs is 2. The second-order valence-corrected chi connectivity index (χ2v) is 12.0. The molecule has 222 valence electrons. The SMILES string of the molecule is O=C(c1ccc(OCCCCC2CCN(C(=O)[C@](O)(c3ccccc3)C(F)(F)F)CC2)cc1Cl)N1C[C@H]2CC[C@@H]1C2. The van der Waals surface area contributed by atoms with E-state index in [2.05, 4.69) is 0 Å². The number of hydrogen-bond acceptors (Lipinski definition) is 4. The Balaban J connectivity index is 1.04. The Morgan fingerprint density at radius 1 is 1.00 bits per heavy atom. The Morgan fingerprint density at radius 2 is 1.73 bits per heavy atom. The molecule has 2 amide bonds. The van der Waals surface area contributed by atoms with Crippen LogP contribution in [0.3, 0.4) is 0 Å². The first-order valence-corrected chi connectivity index (χ1v) is 14.8. The number of nitrogens with zero attached hydrogens (tertiary/aromatic N) is 2. The van der Waals surface area contributed by atoms with Gasteiger partial charge in [0.2, 0.25) is 0 Å². The lowest BCUT2D eigenvalue weighted by Gasteiger charge is -2.38. The molecule has 6 nitrogen and oxygen atoms in total. The fourth-order valence-corrected chi connectivity index (χ4v) is 6.80. The molecule has 5 rings (SSSR count). The molecule has 3 atom stereocenters. The molecule has 1 saturated carbocycles. The topological polar surface area (TPSA) is 70.1 Å². The van der Waals surface area contributed by atoms with Crippen LogP contribution in [0.1, 0.15) is 67.3 Å². The third-order valence-corrected chi connectivity index (χ3v) is 9.24. The molecule has 0 aromatic heterocycles. The van der Waals surface area contributed by atoms with Crippen LogP contribution in [0, 0.1) is 11.8 Å². The Kier molecular flexibility index (Phi) is 8.85. The molecule has 1 N–H and O–H groups in total. The van der Waals surface area contributed by atoms with Gasteiger partial charge in [-0.25, -0.2) is 0 Å². The third kappa shape index (κ3) is 6.21. The zero-order valence-corrected chi connectivity index (χ0v) is 23.7. The van der Waals surface area contributed by atoms with E-state index in [9.17, 15) is 27.9 Å². The molecule has 41 heavy (non-hydrogen) atoms. The zero-order chi connectivity index (χ0) is 29.2. The number of halogens is 4. The van der Waals surface area contributed by atoms with E-state index in [0.717, 1.165) is 55.7 Å². The van der Waals surface area contributed by atoms with E-state index in [1.54, 1.807) is 18.2 Å². The number of hydrogen-bond donors (Lipinski definition) is 1. The van der Waals surface area contributed by atoms with Gasteiger partial charge in [-0.1, -0.05) is 48.4 Å². The van der Waals surface area contributed by atoms with Gasteiger partial charge in [0.05, 0.1) is 17.2 Å². The summed E-state index contributed by atoms with van der Waals surface area (Å²) >= 11 is 6.43. The highest BCUT2D eigenvalue weighted by Gasteiger charge is 2.62. The number of likely N-dealkylation sites (tertiary alicyclic amines) is 2. The minimum atomic E-state index is -5.13. The van der Waals surface area contributed by atoms with Crippen molar-refractivity contribution in [2.45, 2.75) is 69.2 Å². The number of carbonyl (C=O) groups excluding carboxylic acids is 2. The number of benzene rings is 2. The average molecular weight is 593 g/mol. The van der Waals surface area contributed by atoms with Gasteiger partial charge in [0.15, 0.2) is 0 Å². The highest BCUT2D eigenvalue weighted by atomic mass is 35.5. The maximum Gasteiger partial charge on any atom is 0.430 e. The molecular weight excluding hydrogens is 557 g/mol. The summed E-state index contributed by atoms with van der Waals surface area (Å²) in [5, 5.41) is 11.0. The van der Waals surface area contributed by atoms with Crippen molar-refractivity contribution in [3.8, 4) is 5.75 Å². The normalized spacial score (nSPS) is 22.6. The maximum atomic E-state index is 13.9. The van der Waals surface area contributed by atoms with Crippen molar-refractivity contribution in [2.75, 3.05) is 26.2 Å². The van der Waals surface area contributed by atoms with Crippen LogP contribution < -0.4 is 4.74 Å². The van der Waals surface area contributed by atoms with Crippen molar-refractivity contribution in [3.05, 3.63) is 64.7 Å². The van der Waals surface area contributed by atoms with E-state index in [1.165, 1.54) is 24.6 Å². The number of piperidine rings is 2. The zero-order valence-electron chi connectivity index (χ0n) is 22.9. The van der Waals surface area contributed by atoms with Crippen LogP contribution in [-0.4, -0.2) is 65.2 Å². The van der Waals surface area contributed by atoms with E-state index < -0.39 is 23.2 Å². The summed E-state index contributed by atoms with van der Waals surface area (Å²) < 4.78 is 47.5. The van der Waals surface area contributed by atoms with Crippen LogP contribution in [0.2, 0.25) is 5.02 Å². The number of rotatable bonds is 9. The first-order chi connectivity index (χ1) is 19.6. The first kappa shape index (κ1) is 29.7. The van der Waals surface area contributed by atoms with Crippen LogP contribution in [0.5, 0.6) is 5.75 Å². The van der Waals surface area contributed by atoms with Gasteiger partial charge in [-0.3, -0.25) is 9.59 Å². The van der Waals surface area contributed by atoms with E-state index in [4.69, 9.17) is 16.3 Å². The largest absolute Gasteiger partial charge is 0.494 e. The first-order valence-electron chi connectivity index (χ1n) is 14.4. The number of alkyl halides is 3. The number of carbonyl (C=O) groups is 2.